The van der Waals surface area contributed by atoms with Gasteiger partial charge in [0, 0.05) is 41.3 Å². The van der Waals surface area contributed by atoms with E-state index in [2.05, 4.69) is 53.3 Å². The van der Waals surface area contributed by atoms with Crippen LogP contribution >= 0.6 is 0 Å². The first-order valence-corrected chi connectivity index (χ1v) is 7.85. The molecular weight excluding hydrogens is 274 g/mol. The van der Waals surface area contributed by atoms with Crippen LogP contribution in [0.4, 0.5) is 5.95 Å². The lowest BCUT2D eigenvalue weighted by Crippen LogP contribution is -2.60. The van der Waals surface area contributed by atoms with Gasteiger partial charge in [0.25, 0.3) is 0 Å². The van der Waals surface area contributed by atoms with Crippen LogP contribution in [0.5, 0.6) is 0 Å². The van der Waals surface area contributed by atoms with E-state index >= 15 is 0 Å². The third kappa shape index (κ3) is 3.47. The quantitative estimate of drug-likeness (QED) is 0.814. The van der Waals surface area contributed by atoms with Crippen LogP contribution in [0.2, 0.25) is 0 Å². The molecule has 1 fully saturated rings. The van der Waals surface area contributed by atoms with Crippen molar-refractivity contribution in [1.82, 2.24) is 20.3 Å². The highest BCUT2D eigenvalue weighted by Gasteiger charge is 2.37. The number of rotatable bonds is 3. The number of anilines is 1. The summed E-state index contributed by atoms with van der Waals surface area (Å²) in [5, 5.41) is 7.22. The maximum Gasteiger partial charge on any atom is 0.223 e. The molecule has 118 valence electrons. The molecular formula is C17H25N5. The highest BCUT2D eigenvalue weighted by molar-refractivity contribution is 5.58. The maximum absolute atomic E-state index is 4.64. The van der Waals surface area contributed by atoms with E-state index in [9.17, 15) is 0 Å². The molecule has 2 aromatic rings. The Hall–Kier alpha value is -1.88. The summed E-state index contributed by atoms with van der Waals surface area (Å²) in [6, 6.07) is 4.32. The van der Waals surface area contributed by atoms with E-state index in [1.54, 1.807) is 0 Å². The van der Waals surface area contributed by atoms with Gasteiger partial charge in [-0.3, -0.25) is 0 Å². The summed E-state index contributed by atoms with van der Waals surface area (Å²) < 4.78 is 0. The molecule has 5 heteroatoms. The van der Waals surface area contributed by atoms with Gasteiger partial charge in [-0.25, -0.2) is 9.97 Å². The fraction of sp³-hybridized carbons (Fsp3) is 0.529. The number of H-pyrrole nitrogens is 1. The second kappa shape index (κ2) is 5.39. The van der Waals surface area contributed by atoms with Crippen molar-refractivity contribution in [2.75, 3.05) is 5.32 Å². The normalized spacial score (nSPS) is 20.7. The lowest BCUT2D eigenvalue weighted by atomic mass is 9.80. The molecule has 1 saturated heterocycles. The van der Waals surface area contributed by atoms with Crippen LogP contribution in [0, 0.1) is 0 Å². The van der Waals surface area contributed by atoms with Crippen molar-refractivity contribution in [2.45, 2.75) is 57.7 Å². The van der Waals surface area contributed by atoms with Crippen molar-refractivity contribution >= 4 is 5.95 Å². The average Bonchev–Trinajstić information content (AvgIpc) is 2.88. The van der Waals surface area contributed by atoms with Crippen LogP contribution in [-0.4, -0.2) is 32.1 Å². The number of hydrogen-bond donors (Lipinski definition) is 3. The zero-order valence-corrected chi connectivity index (χ0v) is 13.8. The second-order valence-corrected chi connectivity index (χ2v) is 7.51. The van der Waals surface area contributed by atoms with Crippen molar-refractivity contribution < 1.29 is 0 Å². The highest BCUT2D eigenvalue weighted by atomic mass is 15.1. The van der Waals surface area contributed by atoms with Crippen LogP contribution in [0.1, 0.15) is 40.5 Å². The smallest absolute Gasteiger partial charge is 0.223 e. The lowest BCUT2D eigenvalue weighted by Gasteiger charge is -2.46. The fourth-order valence-corrected chi connectivity index (χ4v) is 3.68. The summed E-state index contributed by atoms with van der Waals surface area (Å²) in [7, 11) is 0. The Morgan fingerprint density at radius 1 is 1.14 bits per heavy atom. The standard InChI is InChI=1S/C17H25N5/c1-16(2)9-13(10-17(3,4)22-16)20-15-19-8-6-14(21-15)12-5-7-18-11-12/h5-8,11,13,18,22H,9-10H2,1-4H3,(H,19,20,21). The van der Waals surface area contributed by atoms with E-state index in [1.807, 2.05) is 30.7 Å². The molecule has 0 aliphatic carbocycles. The maximum atomic E-state index is 4.64. The zero-order valence-electron chi connectivity index (χ0n) is 13.8. The van der Waals surface area contributed by atoms with Gasteiger partial charge in [0.1, 0.15) is 0 Å². The van der Waals surface area contributed by atoms with Gasteiger partial charge in [0.2, 0.25) is 5.95 Å². The predicted octanol–water partition coefficient (Wildman–Crippen LogP) is 3.19. The molecule has 5 nitrogen and oxygen atoms in total. The Labute approximate surface area is 132 Å². The van der Waals surface area contributed by atoms with Crippen molar-refractivity contribution in [3.05, 3.63) is 30.7 Å². The molecule has 22 heavy (non-hydrogen) atoms. The number of aromatic nitrogens is 3. The Bertz CT molecular complexity index is 614. The molecule has 2 aromatic heterocycles. The first-order chi connectivity index (χ1) is 10.3. The van der Waals surface area contributed by atoms with E-state index < -0.39 is 0 Å². The van der Waals surface area contributed by atoms with Crippen molar-refractivity contribution in [2.24, 2.45) is 0 Å². The Morgan fingerprint density at radius 3 is 2.50 bits per heavy atom. The second-order valence-electron chi connectivity index (χ2n) is 7.51. The van der Waals surface area contributed by atoms with Gasteiger partial charge in [0.05, 0.1) is 5.69 Å². The first kappa shape index (κ1) is 15.0. The van der Waals surface area contributed by atoms with Gasteiger partial charge in [-0.15, -0.1) is 0 Å². The Balaban J connectivity index is 1.77. The minimum Gasteiger partial charge on any atom is -0.367 e. The third-order valence-corrected chi connectivity index (χ3v) is 4.07. The first-order valence-electron chi connectivity index (χ1n) is 7.85. The average molecular weight is 299 g/mol. The SMILES string of the molecule is CC1(C)CC(Nc2nccc(-c3cc[nH]c3)n2)CC(C)(C)N1. The van der Waals surface area contributed by atoms with E-state index in [0.717, 1.165) is 24.1 Å². The minimum absolute atomic E-state index is 0.109. The summed E-state index contributed by atoms with van der Waals surface area (Å²) in [5.74, 6) is 0.706. The topological polar surface area (TPSA) is 65.6 Å². The molecule has 3 heterocycles. The zero-order chi connectivity index (χ0) is 15.8. The summed E-state index contributed by atoms with van der Waals surface area (Å²) in [6.45, 7) is 9.00. The molecule has 0 saturated carbocycles. The van der Waals surface area contributed by atoms with E-state index in [1.165, 1.54) is 0 Å². The monoisotopic (exact) mass is 299 g/mol. The van der Waals surface area contributed by atoms with Gasteiger partial charge in [0.15, 0.2) is 0 Å². The molecule has 3 rings (SSSR count). The van der Waals surface area contributed by atoms with Gasteiger partial charge in [-0.1, -0.05) is 0 Å². The van der Waals surface area contributed by atoms with Crippen LogP contribution in [0.15, 0.2) is 30.7 Å². The minimum atomic E-state index is 0.109. The van der Waals surface area contributed by atoms with Crippen LogP contribution in [-0.2, 0) is 0 Å². The largest absolute Gasteiger partial charge is 0.367 e. The molecule has 1 aliphatic rings. The highest BCUT2D eigenvalue weighted by Crippen LogP contribution is 2.30. The third-order valence-electron chi connectivity index (χ3n) is 4.07. The molecule has 0 aromatic carbocycles. The molecule has 0 radical (unpaired) electrons. The summed E-state index contributed by atoms with van der Waals surface area (Å²) in [5.41, 5.74) is 2.23. The van der Waals surface area contributed by atoms with Crippen LogP contribution in [0.3, 0.4) is 0 Å². The van der Waals surface area contributed by atoms with E-state index in [4.69, 9.17) is 0 Å². The molecule has 1 aliphatic heterocycles. The molecule has 0 unspecified atom stereocenters. The van der Waals surface area contributed by atoms with Crippen LogP contribution in [0.25, 0.3) is 11.3 Å². The van der Waals surface area contributed by atoms with E-state index in [0.29, 0.717) is 12.0 Å². The Morgan fingerprint density at radius 2 is 1.86 bits per heavy atom. The number of nitrogens with one attached hydrogen (secondary N) is 3. The molecule has 0 spiro atoms. The number of aromatic amines is 1. The molecule has 0 atom stereocenters. The van der Waals surface area contributed by atoms with Gasteiger partial charge >= 0.3 is 0 Å². The summed E-state index contributed by atoms with van der Waals surface area (Å²) in [6.07, 6.45) is 7.77. The van der Waals surface area contributed by atoms with Gasteiger partial charge < -0.3 is 15.6 Å². The Kier molecular flexibility index (Phi) is 3.68. The molecule has 3 N–H and O–H groups in total. The van der Waals surface area contributed by atoms with Crippen molar-refractivity contribution in [3.63, 3.8) is 0 Å². The lowest BCUT2D eigenvalue weighted by molar-refractivity contribution is 0.170. The van der Waals surface area contributed by atoms with Gasteiger partial charge in [-0.2, -0.15) is 0 Å². The number of piperidine rings is 1. The van der Waals surface area contributed by atoms with Crippen molar-refractivity contribution in [1.29, 1.82) is 0 Å². The van der Waals surface area contributed by atoms with Crippen molar-refractivity contribution in [3.8, 4) is 11.3 Å². The number of nitrogens with zero attached hydrogens (tertiary/aromatic N) is 2. The van der Waals surface area contributed by atoms with Gasteiger partial charge in [-0.05, 0) is 52.7 Å². The van der Waals surface area contributed by atoms with Crippen LogP contribution < -0.4 is 10.6 Å². The number of hydrogen-bond acceptors (Lipinski definition) is 4. The van der Waals surface area contributed by atoms with E-state index in [-0.39, 0.29) is 11.1 Å². The molecule has 0 amide bonds. The summed E-state index contributed by atoms with van der Waals surface area (Å²) >= 11 is 0. The predicted molar refractivity (Wildman–Crippen MR) is 89.8 cm³/mol. The summed E-state index contributed by atoms with van der Waals surface area (Å²) in [4.78, 5) is 12.1. The fourth-order valence-electron chi connectivity index (χ4n) is 3.68. The molecule has 0 bridgehead atoms.